The number of nitrogens with one attached hydrogen (secondary N) is 1. The average Bonchev–Trinajstić information content (AvgIpc) is 2.98. The third kappa shape index (κ3) is 4.77. The Morgan fingerprint density at radius 2 is 1.96 bits per heavy atom. The lowest BCUT2D eigenvalue weighted by Gasteiger charge is -2.25. The van der Waals surface area contributed by atoms with Crippen molar-refractivity contribution in [3.8, 4) is 0 Å². The second-order valence-corrected chi connectivity index (χ2v) is 7.44. The highest BCUT2D eigenvalue weighted by Crippen LogP contribution is 2.15. The summed E-state index contributed by atoms with van der Waals surface area (Å²) in [5.74, 6) is 0.365. The third-order valence-electron chi connectivity index (χ3n) is 4.16. The second kappa shape index (κ2) is 7.80. The molecule has 8 nitrogen and oxygen atoms in total. The smallest absolute Gasteiger partial charge is 0.252 e. The van der Waals surface area contributed by atoms with Gasteiger partial charge in [0.2, 0.25) is 11.8 Å². The van der Waals surface area contributed by atoms with E-state index >= 15 is 0 Å². The van der Waals surface area contributed by atoms with Crippen LogP contribution in [0.15, 0.2) is 6.33 Å². The third-order valence-corrected chi connectivity index (χ3v) is 4.16. The Kier molecular flexibility index (Phi) is 5.94. The van der Waals surface area contributed by atoms with Crippen LogP contribution in [0, 0.1) is 13.8 Å². The first kappa shape index (κ1) is 19.8. The quantitative estimate of drug-likeness (QED) is 0.841. The molecule has 2 rings (SSSR count). The molecule has 0 bridgehead atoms. The molecule has 1 N–H and O–H groups in total. The van der Waals surface area contributed by atoms with Gasteiger partial charge in [-0.1, -0.05) is 0 Å². The molecular formula is C18H28N6O2. The zero-order valence-electron chi connectivity index (χ0n) is 16.5. The topological polar surface area (TPSA) is 92.5 Å². The minimum absolute atomic E-state index is 0.0472. The van der Waals surface area contributed by atoms with Crippen molar-refractivity contribution in [2.75, 3.05) is 13.1 Å². The van der Waals surface area contributed by atoms with Gasteiger partial charge in [-0.25, -0.2) is 9.50 Å². The monoisotopic (exact) mass is 360 g/mol. The van der Waals surface area contributed by atoms with Crippen LogP contribution in [0.5, 0.6) is 0 Å². The Morgan fingerprint density at radius 1 is 1.27 bits per heavy atom. The van der Waals surface area contributed by atoms with E-state index in [1.54, 1.807) is 9.42 Å². The number of hydrogen-bond donors (Lipinski definition) is 1. The number of carbonyl (C=O) groups is 2. The predicted molar refractivity (Wildman–Crippen MR) is 98.7 cm³/mol. The van der Waals surface area contributed by atoms with E-state index in [1.165, 1.54) is 6.33 Å². The Labute approximate surface area is 154 Å². The molecule has 142 valence electrons. The molecule has 0 fully saturated rings. The van der Waals surface area contributed by atoms with E-state index < -0.39 is 0 Å². The summed E-state index contributed by atoms with van der Waals surface area (Å²) in [6.45, 7) is 12.1. The Bertz CT molecular complexity index is 806. The zero-order valence-corrected chi connectivity index (χ0v) is 16.5. The van der Waals surface area contributed by atoms with Crippen molar-refractivity contribution in [3.63, 3.8) is 0 Å². The fourth-order valence-corrected chi connectivity index (χ4v) is 2.91. The number of nitrogens with zero attached hydrogens (tertiary/aromatic N) is 5. The minimum atomic E-state index is -0.313. The minimum Gasteiger partial charge on any atom is -0.350 e. The van der Waals surface area contributed by atoms with E-state index in [2.05, 4.69) is 20.4 Å². The highest BCUT2D eigenvalue weighted by molar-refractivity contribution is 5.85. The molecule has 2 aromatic rings. The van der Waals surface area contributed by atoms with E-state index in [0.29, 0.717) is 25.2 Å². The van der Waals surface area contributed by atoms with Crippen LogP contribution in [-0.2, 0) is 16.0 Å². The van der Waals surface area contributed by atoms with E-state index in [-0.39, 0.29) is 23.9 Å². The maximum Gasteiger partial charge on any atom is 0.252 e. The van der Waals surface area contributed by atoms with E-state index in [1.807, 2.05) is 41.5 Å². The molecule has 26 heavy (non-hydrogen) atoms. The summed E-state index contributed by atoms with van der Waals surface area (Å²) in [6.07, 6.45) is 2.34. The van der Waals surface area contributed by atoms with Gasteiger partial charge in [-0.05, 0) is 53.5 Å². The molecule has 0 aromatic carbocycles. The SMILES string of the molecule is CCN(CC(=O)NC(C)(C)C)C(=O)CCc1c(C)nc2ncnn2c1C. The average molecular weight is 360 g/mol. The zero-order chi connectivity index (χ0) is 19.5. The van der Waals surface area contributed by atoms with Crippen LogP contribution < -0.4 is 5.32 Å². The molecule has 2 aromatic heterocycles. The number of fused-ring (bicyclic) bond motifs is 1. The molecule has 0 spiro atoms. The van der Waals surface area contributed by atoms with Gasteiger partial charge in [0, 0.05) is 29.9 Å². The molecule has 2 amide bonds. The van der Waals surface area contributed by atoms with Crippen molar-refractivity contribution in [1.82, 2.24) is 29.8 Å². The van der Waals surface area contributed by atoms with Crippen LogP contribution in [0.1, 0.15) is 51.1 Å². The van der Waals surface area contributed by atoms with Crippen molar-refractivity contribution in [2.45, 2.75) is 59.9 Å². The van der Waals surface area contributed by atoms with Gasteiger partial charge in [-0.15, -0.1) is 0 Å². The summed E-state index contributed by atoms with van der Waals surface area (Å²) in [6, 6.07) is 0. The number of hydrogen-bond acceptors (Lipinski definition) is 5. The molecule has 0 aliphatic carbocycles. The van der Waals surface area contributed by atoms with Crippen LogP contribution in [-0.4, -0.2) is 54.9 Å². The fraction of sp³-hybridized carbons (Fsp3) is 0.611. The number of carbonyl (C=O) groups excluding carboxylic acids is 2. The lowest BCUT2D eigenvalue weighted by molar-refractivity contribution is -0.136. The summed E-state index contributed by atoms with van der Waals surface area (Å²) < 4.78 is 1.68. The Morgan fingerprint density at radius 3 is 2.58 bits per heavy atom. The van der Waals surface area contributed by atoms with E-state index in [4.69, 9.17) is 0 Å². The molecule has 0 radical (unpaired) electrons. The number of likely N-dealkylation sites (N-methyl/N-ethyl adjacent to an activating group) is 1. The van der Waals surface area contributed by atoms with Crippen molar-refractivity contribution in [1.29, 1.82) is 0 Å². The van der Waals surface area contributed by atoms with Crippen molar-refractivity contribution in [3.05, 3.63) is 23.3 Å². The number of amides is 2. The Hall–Kier alpha value is -2.51. The molecule has 8 heteroatoms. The molecule has 0 atom stereocenters. The van der Waals surface area contributed by atoms with Gasteiger partial charge >= 0.3 is 0 Å². The van der Waals surface area contributed by atoms with Crippen LogP contribution in [0.2, 0.25) is 0 Å². The van der Waals surface area contributed by atoms with Crippen molar-refractivity contribution in [2.24, 2.45) is 0 Å². The van der Waals surface area contributed by atoms with E-state index in [9.17, 15) is 9.59 Å². The second-order valence-electron chi connectivity index (χ2n) is 7.44. The number of aromatic nitrogens is 4. The lowest BCUT2D eigenvalue weighted by Crippen LogP contribution is -2.47. The highest BCUT2D eigenvalue weighted by Gasteiger charge is 2.20. The van der Waals surface area contributed by atoms with Crippen molar-refractivity contribution >= 4 is 17.6 Å². The first-order valence-electron chi connectivity index (χ1n) is 8.87. The molecular weight excluding hydrogens is 332 g/mol. The maximum atomic E-state index is 12.6. The molecule has 0 aliphatic heterocycles. The fourth-order valence-electron chi connectivity index (χ4n) is 2.91. The summed E-state index contributed by atoms with van der Waals surface area (Å²) in [5, 5.41) is 7.05. The standard InChI is InChI=1S/C18H28N6O2/c1-7-23(10-15(25)22-18(4,5)6)16(26)9-8-14-12(2)21-17-19-11-20-24(17)13(14)3/h11H,7-10H2,1-6H3,(H,22,25). The summed E-state index contributed by atoms with van der Waals surface area (Å²) in [7, 11) is 0. The summed E-state index contributed by atoms with van der Waals surface area (Å²) in [4.78, 5) is 34.8. The van der Waals surface area contributed by atoms with Gasteiger partial charge in [0.05, 0.1) is 6.54 Å². The molecule has 0 saturated carbocycles. The lowest BCUT2D eigenvalue weighted by atomic mass is 10.1. The first-order chi connectivity index (χ1) is 12.1. The Balaban J connectivity index is 2.04. The van der Waals surface area contributed by atoms with Crippen LogP contribution >= 0.6 is 0 Å². The van der Waals surface area contributed by atoms with Gasteiger partial charge in [0.15, 0.2) is 0 Å². The van der Waals surface area contributed by atoms with Crippen LogP contribution in [0.3, 0.4) is 0 Å². The number of aryl methyl sites for hydroxylation is 2. The van der Waals surface area contributed by atoms with Crippen LogP contribution in [0.4, 0.5) is 0 Å². The first-order valence-corrected chi connectivity index (χ1v) is 8.87. The van der Waals surface area contributed by atoms with Gasteiger partial charge in [-0.2, -0.15) is 10.1 Å². The van der Waals surface area contributed by atoms with Gasteiger partial charge in [0.25, 0.3) is 5.78 Å². The van der Waals surface area contributed by atoms with Gasteiger partial charge < -0.3 is 10.2 Å². The largest absolute Gasteiger partial charge is 0.350 e. The summed E-state index contributed by atoms with van der Waals surface area (Å²) in [5.41, 5.74) is 2.47. The van der Waals surface area contributed by atoms with E-state index in [0.717, 1.165) is 17.0 Å². The van der Waals surface area contributed by atoms with Crippen molar-refractivity contribution < 1.29 is 9.59 Å². The highest BCUT2D eigenvalue weighted by atomic mass is 16.2. The molecule has 0 unspecified atom stereocenters. The summed E-state index contributed by atoms with van der Waals surface area (Å²) >= 11 is 0. The maximum absolute atomic E-state index is 12.6. The molecule has 2 heterocycles. The number of rotatable bonds is 6. The molecule has 0 aliphatic rings. The molecule has 0 saturated heterocycles. The normalized spacial score (nSPS) is 11.6. The van der Waals surface area contributed by atoms with Crippen LogP contribution in [0.25, 0.3) is 5.78 Å². The van der Waals surface area contributed by atoms with Gasteiger partial charge in [0.1, 0.15) is 6.33 Å². The predicted octanol–water partition coefficient (Wildman–Crippen LogP) is 1.44. The van der Waals surface area contributed by atoms with Gasteiger partial charge in [-0.3, -0.25) is 9.59 Å².